The van der Waals surface area contributed by atoms with Gasteiger partial charge in [0.25, 0.3) is 0 Å². The van der Waals surface area contributed by atoms with Gasteiger partial charge < -0.3 is 4.74 Å². The molecular weight excluding hydrogens is 512 g/mol. The van der Waals surface area contributed by atoms with Crippen molar-refractivity contribution in [2.24, 2.45) is 23.7 Å². The first-order valence-corrected chi connectivity index (χ1v) is 18.3. The molecule has 0 saturated heterocycles. The Hall–Kier alpha value is -1.90. The van der Waals surface area contributed by atoms with E-state index in [0.29, 0.717) is 5.92 Å². The molecule has 0 bridgehead atoms. The summed E-state index contributed by atoms with van der Waals surface area (Å²) in [6, 6.07) is 8.40. The third-order valence-corrected chi connectivity index (χ3v) is 10.5. The van der Waals surface area contributed by atoms with Crippen LogP contribution < -0.4 is 4.74 Å². The predicted molar refractivity (Wildman–Crippen MR) is 179 cm³/mol. The summed E-state index contributed by atoms with van der Waals surface area (Å²) in [7, 11) is 0. The van der Waals surface area contributed by atoms with Crippen LogP contribution in [0.4, 0.5) is 0 Å². The molecule has 42 heavy (non-hydrogen) atoms. The molecule has 2 aliphatic carbocycles. The zero-order valence-electron chi connectivity index (χ0n) is 27.3. The van der Waals surface area contributed by atoms with Crippen LogP contribution in [0.3, 0.4) is 0 Å². The zero-order valence-corrected chi connectivity index (χ0v) is 27.3. The van der Waals surface area contributed by atoms with Gasteiger partial charge in [-0.25, -0.2) is 9.97 Å². The van der Waals surface area contributed by atoms with Crippen LogP contribution in [0.1, 0.15) is 154 Å². The molecule has 3 heteroatoms. The molecule has 0 amide bonds. The summed E-state index contributed by atoms with van der Waals surface area (Å²) in [5, 5.41) is 0. The Morgan fingerprint density at radius 1 is 0.571 bits per heavy atom. The topological polar surface area (TPSA) is 35.0 Å². The quantitative estimate of drug-likeness (QED) is 0.157. The first kappa shape index (κ1) is 33.0. The van der Waals surface area contributed by atoms with Crippen LogP contribution in [0.2, 0.25) is 0 Å². The Morgan fingerprint density at radius 2 is 1.05 bits per heavy atom. The van der Waals surface area contributed by atoms with Crippen LogP contribution in [-0.4, -0.2) is 16.6 Å². The van der Waals surface area contributed by atoms with Crippen molar-refractivity contribution in [1.82, 2.24) is 9.97 Å². The maximum Gasteiger partial charge on any atom is 0.159 e. The molecule has 2 fully saturated rings. The lowest BCUT2D eigenvalue weighted by Crippen LogP contribution is -2.20. The second-order valence-electron chi connectivity index (χ2n) is 14.0. The third-order valence-electron chi connectivity index (χ3n) is 10.5. The van der Waals surface area contributed by atoms with Gasteiger partial charge in [0.2, 0.25) is 0 Å². The number of aryl methyl sites for hydroxylation is 1. The molecule has 3 nitrogen and oxygen atoms in total. The minimum Gasteiger partial charge on any atom is -0.493 e. The third kappa shape index (κ3) is 12.0. The van der Waals surface area contributed by atoms with E-state index in [1.807, 2.05) is 0 Å². The van der Waals surface area contributed by atoms with E-state index in [-0.39, 0.29) is 0 Å². The van der Waals surface area contributed by atoms with Gasteiger partial charge >= 0.3 is 0 Å². The molecule has 0 aliphatic heterocycles. The van der Waals surface area contributed by atoms with E-state index in [0.717, 1.165) is 47.9 Å². The van der Waals surface area contributed by atoms with Crippen molar-refractivity contribution < 1.29 is 4.74 Å². The molecule has 234 valence electrons. The molecule has 1 aromatic heterocycles. The minimum atomic E-state index is 0.716. The number of unbranched alkanes of at least 4 members (excludes halogenated alkanes) is 8. The Morgan fingerprint density at radius 3 is 1.64 bits per heavy atom. The highest BCUT2D eigenvalue weighted by molar-refractivity contribution is 5.55. The van der Waals surface area contributed by atoms with Crippen LogP contribution in [0, 0.1) is 23.7 Å². The second-order valence-corrected chi connectivity index (χ2v) is 14.0. The summed E-state index contributed by atoms with van der Waals surface area (Å²) in [5.74, 6) is 5.35. The van der Waals surface area contributed by atoms with Gasteiger partial charge in [0.1, 0.15) is 5.75 Å². The highest BCUT2D eigenvalue weighted by atomic mass is 16.5. The van der Waals surface area contributed by atoms with Gasteiger partial charge in [0.15, 0.2) is 5.82 Å². The molecule has 4 rings (SSSR count). The molecule has 1 aromatic carbocycles. The Kier molecular flexibility index (Phi) is 15.2. The van der Waals surface area contributed by atoms with Gasteiger partial charge in [0, 0.05) is 18.0 Å². The summed E-state index contributed by atoms with van der Waals surface area (Å²) in [5.41, 5.74) is 2.35. The van der Waals surface area contributed by atoms with Crippen LogP contribution in [0.25, 0.3) is 11.4 Å². The van der Waals surface area contributed by atoms with Crippen molar-refractivity contribution in [1.29, 1.82) is 0 Å². The average Bonchev–Trinajstić information content (AvgIpc) is 3.04. The Balaban J connectivity index is 1.08. The number of hydrogen-bond donors (Lipinski definition) is 0. The summed E-state index contributed by atoms with van der Waals surface area (Å²) < 4.78 is 6.19. The molecule has 2 saturated carbocycles. The fourth-order valence-electron chi connectivity index (χ4n) is 7.49. The zero-order chi connectivity index (χ0) is 29.2. The van der Waals surface area contributed by atoms with E-state index in [9.17, 15) is 0 Å². The first-order valence-electron chi connectivity index (χ1n) is 18.3. The van der Waals surface area contributed by atoms with E-state index in [2.05, 4.69) is 50.5 Å². The van der Waals surface area contributed by atoms with Crippen LogP contribution >= 0.6 is 0 Å². The highest BCUT2D eigenvalue weighted by Crippen LogP contribution is 2.35. The highest BCUT2D eigenvalue weighted by Gasteiger charge is 2.22. The van der Waals surface area contributed by atoms with Crippen molar-refractivity contribution in [3.05, 3.63) is 42.2 Å². The Bertz CT molecular complexity index is 939. The number of benzene rings is 1. The standard InChI is InChI=1S/C39H62N2O/c1-3-5-7-8-9-10-12-14-33-15-17-34(18-16-33)21-24-36-29-40-39(41-30-36)37-25-27-38(28-26-37)42-31-35-22-19-32(20-23-35)13-11-6-4-2/h25-30,32-35H,3-24,31H2,1-2H3. The van der Waals surface area contributed by atoms with E-state index in [4.69, 9.17) is 14.7 Å². The van der Waals surface area contributed by atoms with E-state index < -0.39 is 0 Å². The van der Waals surface area contributed by atoms with E-state index in [1.165, 1.54) is 140 Å². The molecule has 0 radical (unpaired) electrons. The van der Waals surface area contributed by atoms with Crippen molar-refractivity contribution in [2.75, 3.05) is 6.61 Å². The van der Waals surface area contributed by atoms with Gasteiger partial charge in [-0.1, -0.05) is 129 Å². The first-order chi connectivity index (χ1) is 20.7. The predicted octanol–water partition coefficient (Wildman–Crippen LogP) is 11.8. The van der Waals surface area contributed by atoms with E-state index in [1.54, 1.807) is 0 Å². The van der Waals surface area contributed by atoms with Gasteiger partial charge in [-0.3, -0.25) is 0 Å². The fourth-order valence-corrected chi connectivity index (χ4v) is 7.49. The summed E-state index contributed by atoms with van der Waals surface area (Å²) in [4.78, 5) is 9.44. The smallest absolute Gasteiger partial charge is 0.159 e. The minimum absolute atomic E-state index is 0.716. The number of hydrogen-bond acceptors (Lipinski definition) is 3. The number of nitrogens with zero attached hydrogens (tertiary/aromatic N) is 2. The van der Waals surface area contributed by atoms with Crippen LogP contribution in [0.5, 0.6) is 5.75 Å². The molecule has 2 aliphatic rings. The normalized spacial score (nSPS) is 22.7. The van der Waals surface area contributed by atoms with Crippen molar-refractivity contribution in [2.45, 2.75) is 155 Å². The second kappa shape index (κ2) is 19.4. The molecule has 0 atom stereocenters. The van der Waals surface area contributed by atoms with Crippen molar-refractivity contribution in [3.63, 3.8) is 0 Å². The number of aromatic nitrogens is 2. The summed E-state index contributed by atoms with van der Waals surface area (Å²) in [6.07, 6.45) is 34.8. The van der Waals surface area contributed by atoms with Crippen molar-refractivity contribution in [3.8, 4) is 17.1 Å². The van der Waals surface area contributed by atoms with Crippen LogP contribution in [0.15, 0.2) is 36.7 Å². The van der Waals surface area contributed by atoms with Crippen LogP contribution in [-0.2, 0) is 6.42 Å². The summed E-state index contributed by atoms with van der Waals surface area (Å²) in [6.45, 7) is 5.46. The van der Waals surface area contributed by atoms with Gasteiger partial charge in [-0.2, -0.15) is 0 Å². The number of rotatable bonds is 19. The molecule has 0 unspecified atom stereocenters. The van der Waals surface area contributed by atoms with Gasteiger partial charge in [-0.05, 0) is 79.2 Å². The monoisotopic (exact) mass is 574 g/mol. The maximum atomic E-state index is 6.19. The van der Waals surface area contributed by atoms with E-state index >= 15 is 0 Å². The van der Waals surface area contributed by atoms with Gasteiger partial charge in [-0.15, -0.1) is 0 Å². The molecule has 0 spiro atoms. The lowest BCUT2D eigenvalue weighted by atomic mass is 9.78. The molecule has 0 N–H and O–H groups in total. The average molecular weight is 575 g/mol. The summed E-state index contributed by atoms with van der Waals surface area (Å²) >= 11 is 0. The number of ether oxygens (including phenoxy) is 1. The molecular formula is C39H62N2O. The lowest BCUT2D eigenvalue weighted by molar-refractivity contribution is 0.177. The largest absolute Gasteiger partial charge is 0.493 e. The van der Waals surface area contributed by atoms with Gasteiger partial charge in [0.05, 0.1) is 6.61 Å². The molecule has 1 heterocycles. The molecule has 2 aromatic rings. The SMILES string of the molecule is CCCCCCCCCC1CCC(CCc2cnc(-c3ccc(OCC4CCC(CCCCC)CC4)cc3)nc2)CC1. The lowest BCUT2D eigenvalue weighted by Gasteiger charge is -2.28. The maximum absolute atomic E-state index is 6.19. The fraction of sp³-hybridized carbons (Fsp3) is 0.744. The van der Waals surface area contributed by atoms with Crippen molar-refractivity contribution >= 4 is 0 Å². The Labute approximate surface area is 259 Å².